The number of carbonyl (C=O) groups excluding carboxylic acids is 3. The highest BCUT2D eigenvalue weighted by Crippen LogP contribution is 2.14. The molecule has 11 heteroatoms. The lowest BCUT2D eigenvalue weighted by atomic mass is 10.00. The summed E-state index contributed by atoms with van der Waals surface area (Å²) in [5.74, 6) is -1.76. The Hall–Kier alpha value is -3.18. The molecule has 0 aliphatic carbocycles. The topological polar surface area (TPSA) is 146 Å². The molecule has 2 amide bonds. The minimum atomic E-state index is -3.98. The predicted molar refractivity (Wildman–Crippen MR) is 139 cm³/mol. The van der Waals surface area contributed by atoms with Crippen molar-refractivity contribution < 1.29 is 22.8 Å². The summed E-state index contributed by atoms with van der Waals surface area (Å²) in [7, 11) is -2.38. The van der Waals surface area contributed by atoms with Gasteiger partial charge in [0.1, 0.15) is 11.9 Å². The first-order chi connectivity index (χ1) is 17.1. The van der Waals surface area contributed by atoms with E-state index in [1.807, 2.05) is 13.8 Å². The van der Waals surface area contributed by atoms with Crippen LogP contribution in [0, 0.1) is 5.92 Å². The largest absolute Gasteiger partial charge is 0.349 e. The Labute approximate surface area is 212 Å². The number of amides is 2. The predicted octanol–water partition coefficient (Wildman–Crippen LogP) is 1.78. The van der Waals surface area contributed by atoms with Crippen LogP contribution in [-0.4, -0.2) is 63.2 Å². The van der Waals surface area contributed by atoms with E-state index in [-0.39, 0.29) is 30.2 Å². The van der Waals surface area contributed by atoms with Gasteiger partial charge in [-0.15, -0.1) is 0 Å². The van der Waals surface area contributed by atoms with Crippen molar-refractivity contribution in [1.82, 2.24) is 15.4 Å². The number of hydrogen-bond donors (Lipinski definition) is 3. The number of ketones is 1. The molecule has 1 aromatic rings. The van der Waals surface area contributed by atoms with Crippen molar-refractivity contribution in [3.05, 3.63) is 43.0 Å². The fourth-order valence-corrected chi connectivity index (χ4v) is 4.91. The second-order valence-electron chi connectivity index (χ2n) is 8.89. The molecule has 2 atom stereocenters. The van der Waals surface area contributed by atoms with Crippen LogP contribution >= 0.6 is 0 Å². The lowest BCUT2D eigenvalue weighted by Gasteiger charge is -2.24. The molecule has 3 N–H and O–H groups in total. The normalized spacial score (nSPS) is 21.5. The third kappa shape index (κ3) is 8.80. The molecule has 196 valence electrons. The highest BCUT2D eigenvalue weighted by molar-refractivity contribution is 7.89. The zero-order valence-corrected chi connectivity index (χ0v) is 21.8. The van der Waals surface area contributed by atoms with Crippen molar-refractivity contribution in [2.45, 2.75) is 62.9 Å². The maximum atomic E-state index is 13.2. The number of allylic oxidation sites excluding steroid dienone is 1. The second-order valence-corrected chi connectivity index (χ2v) is 10.6. The van der Waals surface area contributed by atoms with Crippen LogP contribution in [-0.2, 0) is 24.4 Å². The first-order valence-corrected chi connectivity index (χ1v) is 13.4. The monoisotopic (exact) mass is 517 g/mol. The summed E-state index contributed by atoms with van der Waals surface area (Å²) >= 11 is 0. The van der Waals surface area contributed by atoms with Gasteiger partial charge in [-0.1, -0.05) is 38.6 Å². The molecule has 0 radical (unpaired) electrons. The van der Waals surface area contributed by atoms with Gasteiger partial charge in [0, 0.05) is 25.7 Å². The number of nitrogens with one attached hydrogen (secondary N) is 3. The van der Waals surface area contributed by atoms with E-state index in [4.69, 9.17) is 0 Å². The van der Waals surface area contributed by atoms with Gasteiger partial charge < -0.3 is 10.6 Å². The number of sulfonamides is 1. The molecule has 2 unspecified atom stereocenters. The first kappa shape index (κ1) is 29.1. The van der Waals surface area contributed by atoms with E-state index >= 15 is 0 Å². The molecule has 1 heterocycles. The summed E-state index contributed by atoms with van der Waals surface area (Å²) in [4.78, 5) is 47.2. The Balaban J connectivity index is 2.24. The molecule has 0 spiro atoms. The average molecular weight is 518 g/mol. The summed E-state index contributed by atoms with van der Waals surface area (Å²) in [6, 6.07) is 5.49. The molecule has 1 aromatic carbocycles. The zero-order chi connectivity index (χ0) is 26.7. The summed E-state index contributed by atoms with van der Waals surface area (Å²) in [5, 5.41) is 5.16. The highest BCUT2D eigenvalue weighted by atomic mass is 32.2. The average Bonchev–Trinajstić information content (AvgIpc) is 2.84. The van der Waals surface area contributed by atoms with Gasteiger partial charge in [0.15, 0.2) is 0 Å². The van der Waals surface area contributed by atoms with Gasteiger partial charge >= 0.3 is 0 Å². The third-order valence-electron chi connectivity index (χ3n) is 5.56. The highest BCUT2D eigenvalue weighted by Gasteiger charge is 2.32. The molecule has 0 bridgehead atoms. The van der Waals surface area contributed by atoms with Crippen LogP contribution < -0.4 is 15.4 Å². The van der Waals surface area contributed by atoms with Crippen molar-refractivity contribution in [2.75, 3.05) is 13.6 Å². The number of benzene rings is 1. The SMILES string of the molecule is C=C/C1=N\C(=N/C)CCNC(=O)C(=O)C(NC(=O)C(CC(C)C)NS(=O)(=O)c2ccccc2)CCC1. The molecule has 0 saturated heterocycles. The Kier molecular flexibility index (Phi) is 11.1. The maximum absolute atomic E-state index is 13.2. The van der Waals surface area contributed by atoms with Crippen molar-refractivity contribution in [1.29, 1.82) is 0 Å². The van der Waals surface area contributed by atoms with Crippen LogP contribution in [0.25, 0.3) is 0 Å². The van der Waals surface area contributed by atoms with Crippen LogP contribution in [0.5, 0.6) is 0 Å². The Morgan fingerprint density at radius 1 is 1.25 bits per heavy atom. The minimum Gasteiger partial charge on any atom is -0.349 e. The quantitative estimate of drug-likeness (QED) is 0.450. The van der Waals surface area contributed by atoms with E-state index in [2.05, 4.69) is 31.9 Å². The van der Waals surface area contributed by atoms with E-state index in [0.717, 1.165) is 0 Å². The summed E-state index contributed by atoms with van der Waals surface area (Å²) in [6.45, 7) is 7.63. The minimum absolute atomic E-state index is 0.0182. The Morgan fingerprint density at radius 2 is 1.94 bits per heavy atom. The third-order valence-corrected chi connectivity index (χ3v) is 7.05. The van der Waals surface area contributed by atoms with Gasteiger partial charge in [-0.05, 0) is 49.8 Å². The lowest BCUT2D eigenvalue weighted by Crippen LogP contribution is -2.54. The van der Waals surface area contributed by atoms with E-state index in [1.54, 1.807) is 31.3 Å². The first-order valence-electron chi connectivity index (χ1n) is 11.9. The van der Waals surface area contributed by atoms with Crippen molar-refractivity contribution in [2.24, 2.45) is 15.9 Å². The van der Waals surface area contributed by atoms with Crippen LogP contribution in [0.4, 0.5) is 0 Å². The van der Waals surface area contributed by atoms with Gasteiger partial charge in [-0.3, -0.25) is 19.4 Å². The number of Topliss-reactive ketones (excluding diaryl/α,β-unsaturated/α-hetero) is 1. The van der Waals surface area contributed by atoms with E-state index in [0.29, 0.717) is 30.8 Å². The number of carbonyl (C=O) groups is 3. The van der Waals surface area contributed by atoms with Gasteiger partial charge in [-0.25, -0.2) is 13.4 Å². The zero-order valence-electron chi connectivity index (χ0n) is 21.0. The van der Waals surface area contributed by atoms with Crippen LogP contribution in [0.3, 0.4) is 0 Å². The Bertz CT molecular complexity index is 1110. The molecule has 1 aliphatic rings. The molecule has 0 fully saturated rings. The van der Waals surface area contributed by atoms with E-state index < -0.39 is 39.7 Å². The molecule has 0 aromatic heterocycles. The maximum Gasteiger partial charge on any atom is 0.289 e. The van der Waals surface area contributed by atoms with E-state index in [1.165, 1.54) is 12.1 Å². The molecule has 2 rings (SSSR count). The summed E-state index contributed by atoms with van der Waals surface area (Å²) in [5.41, 5.74) is 0.688. The van der Waals surface area contributed by atoms with Gasteiger partial charge in [0.05, 0.1) is 10.9 Å². The van der Waals surface area contributed by atoms with Crippen LogP contribution in [0.2, 0.25) is 0 Å². The van der Waals surface area contributed by atoms with Crippen LogP contribution in [0.15, 0.2) is 57.9 Å². The van der Waals surface area contributed by atoms with Crippen molar-refractivity contribution >= 4 is 39.2 Å². The smallest absolute Gasteiger partial charge is 0.289 e. The molecular weight excluding hydrogens is 482 g/mol. The number of hydrogen-bond acceptors (Lipinski definition) is 6. The fourth-order valence-electron chi connectivity index (χ4n) is 3.68. The van der Waals surface area contributed by atoms with Crippen molar-refractivity contribution in [3.8, 4) is 0 Å². The summed E-state index contributed by atoms with van der Waals surface area (Å²) < 4.78 is 28.2. The number of amidine groups is 1. The fraction of sp³-hybridized carbons (Fsp3) is 0.480. The molecule has 0 saturated carbocycles. The number of nitrogens with zero attached hydrogens (tertiary/aromatic N) is 2. The lowest BCUT2D eigenvalue weighted by molar-refractivity contribution is -0.140. The second kappa shape index (κ2) is 13.8. The molecule has 10 nitrogen and oxygen atoms in total. The number of aliphatic imine (C=N–C) groups is 2. The molecule has 36 heavy (non-hydrogen) atoms. The Morgan fingerprint density at radius 3 is 2.56 bits per heavy atom. The standard InChI is InChI=1S/C25H35N5O5S/c1-5-18-10-9-13-20(23(31)25(33)27-15-14-22(26-4)28-18)29-24(32)21(16-17(2)3)30-36(34,35)19-11-7-6-8-12-19/h5-8,11-12,17,20-21,30H,1,9-10,13-16H2,2-4H3,(H,27,33)(H,29,32)/b26-22-,28-18+. The van der Waals surface area contributed by atoms with Gasteiger partial charge in [0.2, 0.25) is 21.7 Å². The van der Waals surface area contributed by atoms with E-state index in [9.17, 15) is 22.8 Å². The number of rotatable bonds is 8. The van der Waals surface area contributed by atoms with Gasteiger partial charge in [-0.2, -0.15) is 4.72 Å². The summed E-state index contributed by atoms with van der Waals surface area (Å²) in [6.07, 6.45) is 3.24. The molecule has 1 aliphatic heterocycles. The van der Waals surface area contributed by atoms with Gasteiger partial charge in [0.25, 0.3) is 5.91 Å². The molecular formula is C25H35N5O5S. The van der Waals surface area contributed by atoms with Crippen molar-refractivity contribution in [3.63, 3.8) is 0 Å². The van der Waals surface area contributed by atoms with Crippen LogP contribution in [0.1, 0.15) is 46.0 Å².